The van der Waals surface area contributed by atoms with E-state index in [0.29, 0.717) is 0 Å². The average molecular weight is 278 g/mol. The van der Waals surface area contributed by atoms with Crippen LogP contribution in [-0.4, -0.2) is 17.0 Å². The summed E-state index contributed by atoms with van der Waals surface area (Å²) in [5.74, 6) is 1.56. The van der Waals surface area contributed by atoms with Gasteiger partial charge in [-0.1, -0.05) is 30.3 Å². The number of nitrogens with one attached hydrogen (secondary N) is 1. The van der Waals surface area contributed by atoms with Crippen LogP contribution < -0.4 is 9.47 Å². The fraction of sp³-hybridized carbons (Fsp3) is 0.118. The molecule has 4 nitrogen and oxygen atoms in total. The van der Waals surface area contributed by atoms with E-state index in [0.717, 1.165) is 39.6 Å². The fourth-order valence-corrected chi connectivity index (χ4v) is 2.61. The molecular formula is C17H14N2O2. The molecule has 0 saturated carbocycles. The minimum Gasteiger partial charge on any atom is -0.454 e. The maximum absolute atomic E-state index is 5.43. The van der Waals surface area contributed by atoms with Gasteiger partial charge in [0, 0.05) is 11.1 Å². The van der Waals surface area contributed by atoms with Crippen molar-refractivity contribution in [2.45, 2.75) is 6.92 Å². The van der Waals surface area contributed by atoms with Gasteiger partial charge in [-0.2, -0.15) is 5.10 Å². The molecule has 1 aliphatic rings. The number of hydrogen-bond donors (Lipinski definition) is 1. The number of rotatable bonds is 2. The Balaban J connectivity index is 1.79. The van der Waals surface area contributed by atoms with Crippen molar-refractivity contribution in [3.05, 3.63) is 54.1 Å². The maximum Gasteiger partial charge on any atom is 0.231 e. The van der Waals surface area contributed by atoms with E-state index < -0.39 is 0 Å². The van der Waals surface area contributed by atoms with Gasteiger partial charge in [0.2, 0.25) is 6.79 Å². The van der Waals surface area contributed by atoms with Gasteiger partial charge in [-0.25, -0.2) is 0 Å². The number of benzene rings is 2. The molecule has 1 aliphatic heterocycles. The summed E-state index contributed by atoms with van der Waals surface area (Å²) in [6.45, 7) is 2.36. The van der Waals surface area contributed by atoms with Crippen LogP contribution in [0.1, 0.15) is 5.56 Å². The van der Waals surface area contributed by atoms with Crippen LogP contribution in [0.4, 0.5) is 0 Å². The summed E-state index contributed by atoms with van der Waals surface area (Å²) in [6, 6.07) is 16.1. The molecule has 4 heteroatoms. The first kappa shape index (κ1) is 12.0. The molecule has 21 heavy (non-hydrogen) atoms. The monoisotopic (exact) mass is 278 g/mol. The third kappa shape index (κ3) is 1.96. The Morgan fingerprint density at radius 3 is 2.62 bits per heavy atom. The predicted octanol–water partition coefficient (Wildman–Crippen LogP) is 3.78. The zero-order valence-corrected chi connectivity index (χ0v) is 11.6. The van der Waals surface area contributed by atoms with Crippen molar-refractivity contribution in [1.82, 2.24) is 10.2 Å². The lowest BCUT2D eigenvalue weighted by atomic mass is 10.0. The largest absolute Gasteiger partial charge is 0.454 e. The van der Waals surface area contributed by atoms with E-state index in [1.165, 1.54) is 0 Å². The molecule has 1 aromatic heterocycles. The van der Waals surface area contributed by atoms with Crippen LogP contribution in [0.5, 0.6) is 11.5 Å². The summed E-state index contributed by atoms with van der Waals surface area (Å²) in [4.78, 5) is 0. The van der Waals surface area contributed by atoms with Crippen LogP contribution in [0.25, 0.3) is 22.5 Å². The molecule has 0 saturated heterocycles. The normalized spacial score (nSPS) is 12.6. The lowest BCUT2D eigenvalue weighted by Crippen LogP contribution is -1.92. The van der Waals surface area contributed by atoms with Crippen molar-refractivity contribution in [1.29, 1.82) is 0 Å². The Labute approximate surface area is 122 Å². The zero-order chi connectivity index (χ0) is 14.2. The van der Waals surface area contributed by atoms with E-state index >= 15 is 0 Å². The quantitative estimate of drug-likeness (QED) is 0.776. The Bertz CT molecular complexity index is 794. The first-order valence-electron chi connectivity index (χ1n) is 6.83. The van der Waals surface area contributed by atoms with Gasteiger partial charge in [-0.05, 0) is 30.7 Å². The van der Waals surface area contributed by atoms with Gasteiger partial charge in [0.15, 0.2) is 11.5 Å². The standard InChI is InChI=1S/C17H14N2O2/c1-11-16(12-5-3-2-4-6-12)18-19-17(11)13-7-8-14-15(9-13)21-10-20-14/h2-9H,10H2,1H3,(H,18,19). The van der Waals surface area contributed by atoms with Gasteiger partial charge in [0.05, 0.1) is 11.4 Å². The molecule has 2 aromatic carbocycles. The first-order chi connectivity index (χ1) is 10.3. The number of hydrogen-bond acceptors (Lipinski definition) is 3. The van der Waals surface area contributed by atoms with Crippen LogP contribution in [0.15, 0.2) is 48.5 Å². The van der Waals surface area contributed by atoms with Crippen molar-refractivity contribution >= 4 is 0 Å². The van der Waals surface area contributed by atoms with E-state index in [4.69, 9.17) is 9.47 Å². The van der Waals surface area contributed by atoms with E-state index in [-0.39, 0.29) is 6.79 Å². The molecule has 3 aromatic rings. The summed E-state index contributed by atoms with van der Waals surface area (Å²) in [7, 11) is 0. The molecule has 0 unspecified atom stereocenters. The topological polar surface area (TPSA) is 47.1 Å². The van der Waals surface area contributed by atoms with Crippen molar-refractivity contribution in [3.63, 3.8) is 0 Å². The van der Waals surface area contributed by atoms with Gasteiger partial charge in [0.25, 0.3) is 0 Å². The number of aromatic amines is 1. The first-order valence-corrected chi connectivity index (χ1v) is 6.83. The highest BCUT2D eigenvalue weighted by atomic mass is 16.7. The van der Waals surface area contributed by atoms with E-state index in [9.17, 15) is 0 Å². The highest BCUT2D eigenvalue weighted by molar-refractivity contribution is 5.75. The van der Waals surface area contributed by atoms with Crippen LogP contribution in [0.2, 0.25) is 0 Å². The van der Waals surface area contributed by atoms with Crippen LogP contribution in [0, 0.1) is 6.92 Å². The number of fused-ring (bicyclic) bond motifs is 1. The summed E-state index contributed by atoms with van der Waals surface area (Å²) in [5, 5.41) is 7.60. The van der Waals surface area contributed by atoms with Crippen molar-refractivity contribution < 1.29 is 9.47 Å². The number of ether oxygens (including phenoxy) is 2. The SMILES string of the molecule is Cc1c(-c2ccc3c(c2)OCO3)n[nH]c1-c1ccccc1. The van der Waals surface area contributed by atoms with Gasteiger partial charge in [-0.15, -0.1) is 0 Å². The average Bonchev–Trinajstić information content (AvgIpc) is 3.13. The van der Waals surface area contributed by atoms with Crippen molar-refractivity contribution in [3.8, 4) is 34.0 Å². The molecule has 2 heterocycles. The summed E-state index contributed by atoms with van der Waals surface area (Å²) in [5.41, 5.74) is 5.26. The molecular weight excluding hydrogens is 264 g/mol. The van der Waals surface area contributed by atoms with Crippen molar-refractivity contribution in [2.75, 3.05) is 6.79 Å². The van der Waals surface area contributed by atoms with E-state index in [1.54, 1.807) is 0 Å². The summed E-state index contributed by atoms with van der Waals surface area (Å²) in [6.07, 6.45) is 0. The molecule has 0 spiro atoms. The predicted molar refractivity (Wildman–Crippen MR) is 80.3 cm³/mol. The highest BCUT2D eigenvalue weighted by Gasteiger charge is 2.17. The smallest absolute Gasteiger partial charge is 0.231 e. The van der Waals surface area contributed by atoms with Crippen LogP contribution >= 0.6 is 0 Å². The molecule has 0 bridgehead atoms. The number of nitrogens with zero attached hydrogens (tertiary/aromatic N) is 1. The van der Waals surface area contributed by atoms with Crippen LogP contribution in [-0.2, 0) is 0 Å². The fourth-order valence-electron chi connectivity index (χ4n) is 2.61. The maximum atomic E-state index is 5.43. The van der Waals surface area contributed by atoms with Gasteiger partial charge < -0.3 is 9.47 Å². The van der Waals surface area contributed by atoms with Crippen LogP contribution in [0.3, 0.4) is 0 Å². The minimum absolute atomic E-state index is 0.285. The third-order valence-electron chi connectivity index (χ3n) is 3.72. The number of aromatic nitrogens is 2. The molecule has 4 rings (SSSR count). The molecule has 0 atom stereocenters. The Kier molecular flexibility index (Phi) is 2.67. The molecule has 0 amide bonds. The lowest BCUT2D eigenvalue weighted by Gasteiger charge is -2.02. The summed E-state index contributed by atoms with van der Waals surface area (Å²) >= 11 is 0. The second kappa shape index (κ2) is 4.66. The van der Waals surface area contributed by atoms with Gasteiger partial charge in [0.1, 0.15) is 0 Å². The Morgan fingerprint density at radius 1 is 0.952 bits per heavy atom. The lowest BCUT2D eigenvalue weighted by molar-refractivity contribution is 0.174. The minimum atomic E-state index is 0.285. The molecule has 0 aliphatic carbocycles. The highest BCUT2D eigenvalue weighted by Crippen LogP contribution is 2.37. The number of H-pyrrole nitrogens is 1. The molecule has 0 fully saturated rings. The third-order valence-corrected chi connectivity index (χ3v) is 3.72. The second-order valence-corrected chi connectivity index (χ2v) is 5.01. The van der Waals surface area contributed by atoms with E-state index in [2.05, 4.69) is 29.3 Å². The molecule has 0 radical (unpaired) electrons. The molecule has 1 N–H and O–H groups in total. The Morgan fingerprint density at radius 2 is 1.76 bits per heavy atom. The van der Waals surface area contributed by atoms with Gasteiger partial charge in [-0.3, -0.25) is 5.10 Å². The Hall–Kier alpha value is -2.75. The molecule has 104 valence electrons. The second-order valence-electron chi connectivity index (χ2n) is 5.01. The van der Waals surface area contributed by atoms with E-state index in [1.807, 2.05) is 36.4 Å². The summed E-state index contributed by atoms with van der Waals surface area (Å²) < 4.78 is 10.8. The van der Waals surface area contributed by atoms with Crippen molar-refractivity contribution in [2.24, 2.45) is 0 Å². The van der Waals surface area contributed by atoms with Gasteiger partial charge >= 0.3 is 0 Å². The zero-order valence-electron chi connectivity index (χ0n) is 11.6.